The van der Waals surface area contributed by atoms with Crippen molar-refractivity contribution in [2.75, 3.05) is 25.6 Å². The molecule has 16 heavy (non-hydrogen) atoms. The molecule has 0 aliphatic rings. The Kier molecular flexibility index (Phi) is 4.35. The average molecular weight is 221 g/mol. The van der Waals surface area contributed by atoms with Crippen LogP contribution in [0.4, 0.5) is 5.69 Å². The Morgan fingerprint density at radius 1 is 1.25 bits per heavy atom. The topological polar surface area (TPSA) is 29.5 Å². The van der Waals surface area contributed by atoms with E-state index in [0.717, 1.165) is 5.69 Å². The second-order valence-electron chi connectivity index (χ2n) is 4.09. The van der Waals surface area contributed by atoms with Gasteiger partial charge in [-0.2, -0.15) is 0 Å². The molecule has 0 radical (unpaired) electrons. The zero-order valence-corrected chi connectivity index (χ0v) is 10.4. The van der Waals surface area contributed by atoms with Gasteiger partial charge in [0.25, 0.3) is 0 Å². The van der Waals surface area contributed by atoms with E-state index in [0.29, 0.717) is 13.0 Å². The molecule has 0 aliphatic heterocycles. The summed E-state index contributed by atoms with van der Waals surface area (Å²) in [6.07, 6.45) is 0.417. The Bertz CT molecular complexity index is 354. The number of carbonyl (C=O) groups is 1. The maximum atomic E-state index is 11.0. The largest absolute Gasteiger partial charge is 0.469 e. The first-order valence-corrected chi connectivity index (χ1v) is 5.39. The zero-order chi connectivity index (χ0) is 12.1. The van der Waals surface area contributed by atoms with Crippen LogP contribution in [-0.4, -0.2) is 26.7 Å². The SMILES string of the molecule is COC(=O)CCN(C)c1cc(C)cc(C)c1. The van der Waals surface area contributed by atoms with Crippen molar-refractivity contribution in [1.82, 2.24) is 0 Å². The smallest absolute Gasteiger partial charge is 0.307 e. The minimum atomic E-state index is -0.170. The molecular weight excluding hydrogens is 202 g/mol. The Balaban J connectivity index is 2.65. The number of hydrogen-bond acceptors (Lipinski definition) is 3. The summed E-state index contributed by atoms with van der Waals surface area (Å²) in [6, 6.07) is 6.37. The van der Waals surface area contributed by atoms with Crippen molar-refractivity contribution < 1.29 is 9.53 Å². The molecule has 1 aromatic rings. The second-order valence-corrected chi connectivity index (χ2v) is 4.09. The molecule has 0 fully saturated rings. The summed E-state index contributed by atoms with van der Waals surface area (Å²) >= 11 is 0. The van der Waals surface area contributed by atoms with Crippen molar-refractivity contribution in [3.8, 4) is 0 Å². The van der Waals surface area contributed by atoms with E-state index in [9.17, 15) is 4.79 Å². The Morgan fingerprint density at radius 3 is 2.31 bits per heavy atom. The number of ether oxygens (including phenoxy) is 1. The van der Waals surface area contributed by atoms with Crippen LogP contribution in [0.3, 0.4) is 0 Å². The van der Waals surface area contributed by atoms with Crippen molar-refractivity contribution >= 4 is 11.7 Å². The van der Waals surface area contributed by atoms with Gasteiger partial charge in [-0.3, -0.25) is 4.79 Å². The highest BCUT2D eigenvalue weighted by molar-refractivity contribution is 5.70. The molecule has 0 saturated heterocycles. The molecule has 3 nitrogen and oxygen atoms in total. The first-order chi connectivity index (χ1) is 7.52. The summed E-state index contributed by atoms with van der Waals surface area (Å²) in [5, 5.41) is 0. The fraction of sp³-hybridized carbons (Fsp3) is 0.462. The van der Waals surface area contributed by atoms with Crippen molar-refractivity contribution in [3.05, 3.63) is 29.3 Å². The van der Waals surface area contributed by atoms with E-state index in [1.165, 1.54) is 18.2 Å². The molecule has 0 aromatic heterocycles. The number of methoxy groups -OCH3 is 1. The lowest BCUT2D eigenvalue weighted by atomic mass is 10.1. The predicted octanol–water partition coefficient (Wildman–Crippen LogP) is 2.30. The summed E-state index contributed by atoms with van der Waals surface area (Å²) in [5.41, 5.74) is 3.61. The van der Waals surface area contributed by atoms with Gasteiger partial charge in [0.2, 0.25) is 0 Å². The Hall–Kier alpha value is -1.51. The molecule has 0 unspecified atom stereocenters. The van der Waals surface area contributed by atoms with Gasteiger partial charge in [0.05, 0.1) is 13.5 Å². The molecule has 0 saturated carbocycles. The van der Waals surface area contributed by atoms with E-state index in [1.54, 1.807) is 0 Å². The first kappa shape index (κ1) is 12.6. The third-order valence-electron chi connectivity index (χ3n) is 2.53. The number of benzene rings is 1. The third-order valence-corrected chi connectivity index (χ3v) is 2.53. The van der Waals surface area contributed by atoms with Crippen LogP contribution in [0.2, 0.25) is 0 Å². The van der Waals surface area contributed by atoms with Gasteiger partial charge in [-0.25, -0.2) is 0 Å². The first-order valence-electron chi connectivity index (χ1n) is 5.39. The molecule has 0 spiro atoms. The van der Waals surface area contributed by atoms with Gasteiger partial charge in [-0.15, -0.1) is 0 Å². The molecule has 0 N–H and O–H groups in total. The standard InChI is InChI=1S/C13H19NO2/c1-10-7-11(2)9-12(8-10)14(3)6-5-13(15)16-4/h7-9H,5-6H2,1-4H3. The normalized spacial score (nSPS) is 10.0. The summed E-state index contributed by atoms with van der Waals surface area (Å²) in [6.45, 7) is 4.82. The van der Waals surface area contributed by atoms with Crippen LogP contribution in [0.1, 0.15) is 17.5 Å². The van der Waals surface area contributed by atoms with E-state index >= 15 is 0 Å². The molecule has 0 bridgehead atoms. The van der Waals surface area contributed by atoms with E-state index in [1.807, 2.05) is 7.05 Å². The highest BCUT2D eigenvalue weighted by Crippen LogP contribution is 2.17. The van der Waals surface area contributed by atoms with E-state index in [4.69, 9.17) is 0 Å². The Morgan fingerprint density at radius 2 is 1.81 bits per heavy atom. The average Bonchev–Trinajstić information content (AvgIpc) is 2.23. The number of hydrogen-bond donors (Lipinski definition) is 0. The Labute approximate surface area is 97.0 Å². The van der Waals surface area contributed by atoms with E-state index in [-0.39, 0.29) is 5.97 Å². The van der Waals surface area contributed by atoms with Crippen LogP contribution in [0.15, 0.2) is 18.2 Å². The third kappa shape index (κ3) is 3.57. The molecule has 0 amide bonds. The second kappa shape index (κ2) is 5.54. The lowest BCUT2D eigenvalue weighted by Crippen LogP contribution is -2.21. The molecule has 0 atom stereocenters. The molecule has 1 aromatic carbocycles. The van der Waals surface area contributed by atoms with Gasteiger partial charge in [0.1, 0.15) is 0 Å². The van der Waals surface area contributed by atoms with Gasteiger partial charge in [-0.1, -0.05) is 6.07 Å². The molecular formula is C13H19NO2. The van der Waals surface area contributed by atoms with Gasteiger partial charge in [-0.05, 0) is 37.1 Å². The summed E-state index contributed by atoms with van der Waals surface area (Å²) in [4.78, 5) is 13.1. The number of carbonyl (C=O) groups excluding carboxylic acids is 1. The van der Waals surface area contributed by atoms with Gasteiger partial charge >= 0.3 is 5.97 Å². The maximum absolute atomic E-state index is 11.0. The lowest BCUT2D eigenvalue weighted by Gasteiger charge is -2.19. The van der Waals surface area contributed by atoms with Crippen LogP contribution < -0.4 is 4.90 Å². The number of anilines is 1. The van der Waals surface area contributed by atoms with E-state index in [2.05, 4.69) is 41.7 Å². The fourth-order valence-corrected chi connectivity index (χ4v) is 1.66. The van der Waals surface area contributed by atoms with Gasteiger partial charge < -0.3 is 9.64 Å². The van der Waals surface area contributed by atoms with Gasteiger partial charge in [0, 0.05) is 19.3 Å². The minimum absolute atomic E-state index is 0.170. The summed E-state index contributed by atoms with van der Waals surface area (Å²) in [7, 11) is 3.40. The highest BCUT2D eigenvalue weighted by atomic mass is 16.5. The highest BCUT2D eigenvalue weighted by Gasteiger charge is 2.05. The van der Waals surface area contributed by atoms with Crippen molar-refractivity contribution in [2.24, 2.45) is 0 Å². The minimum Gasteiger partial charge on any atom is -0.469 e. The monoisotopic (exact) mass is 221 g/mol. The molecule has 88 valence electrons. The summed E-state index contributed by atoms with van der Waals surface area (Å²) < 4.78 is 4.62. The summed E-state index contributed by atoms with van der Waals surface area (Å²) in [5.74, 6) is -0.170. The lowest BCUT2D eigenvalue weighted by molar-refractivity contribution is -0.140. The van der Waals surface area contributed by atoms with Crippen LogP contribution in [0.5, 0.6) is 0 Å². The number of nitrogens with zero attached hydrogens (tertiary/aromatic N) is 1. The van der Waals surface area contributed by atoms with Crippen molar-refractivity contribution in [2.45, 2.75) is 20.3 Å². The number of esters is 1. The van der Waals surface area contributed by atoms with Gasteiger partial charge in [0.15, 0.2) is 0 Å². The zero-order valence-electron chi connectivity index (χ0n) is 10.4. The molecule has 0 heterocycles. The maximum Gasteiger partial charge on any atom is 0.307 e. The van der Waals surface area contributed by atoms with E-state index < -0.39 is 0 Å². The van der Waals surface area contributed by atoms with Crippen LogP contribution in [0.25, 0.3) is 0 Å². The molecule has 3 heteroatoms. The predicted molar refractivity (Wildman–Crippen MR) is 65.8 cm³/mol. The molecule has 0 aliphatic carbocycles. The van der Waals surface area contributed by atoms with Crippen molar-refractivity contribution in [1.29, 1.82) is 0 Å². The number of rotatable bonds is 4. The van der Waals surface area contributed by atoms with Crippen LogP contribution >= 0.6 is 0 Å². The fourth-order valence-electron chi connectivity index (χ4n) is 1.66. The molecule has 1 rings (SSSR count). The van der Waals surface area contributed by atoms with Crippen molar-refractivity contribution in [3.63, 3.8) is 0 Å². The number of aryl methyl sites for hydroxylation is 2. The quantitative estimate of drug-likeness (QED) is 0.731. The van der Waals surface area contributed by atoms with Crippen LogP contribution in [-0.2, 0) is 9.53 Å². The van der Waals surface area contributed by atoms with Crippen LogP contribution in [0, 0.1) is 13.8 Å².